The van der Waals surface area contributed by atoms with Crippen LogP contribution in [0.2, 0.25) is 0 Å². The van der Waals surface area contributed by atoms with Crippen LogP contribution in [0, 0.1) is 0 Å². The van der Waals surface area contributed by atoms with E-state index in [4.69, 9.17) is 4.74 Å². The number of nitrogens with zero attached hydrogens (tertiary/aromatic N) is 2. The van der Waals surface area contributed by atoms with E-state index in [1.54, 1.807) is 13.2 Å². The van der Waals surface area contributed by atoms with Gasteiger partial charge < -0.3 is 10.1 Å². The Labute approximate surface area is 157 Å². The van der Waals surface area contributed by atoms with Crippen LogP contribution in [0.1, 0.15) is 24.2 Å². The lowest BCUT2D eigenvalue weighted by molar-refractivity contribution is 0.101. The summed E-state index contributed by atoms with van der Waals surface area (Å²) >= 11 is 0. The number of aryl methyl sites for hydroxylation is 1. The number of benzene rings is 2. The van der Waals surface area contributed by atoms with Crippen molar-refractivity contribution in [1.29, 1.82) is 0 Å². The molecule has 1 heterocycles. The van der Waals surface area contributed by atoms with E-state index in [0.29, 0.717) is 23.7 Å². The molecule has 0 aliphatic rings. The zero-order valence-electron chi connectivity index (χ0n) is 15.5. The maximum Gasteiger partial charge on any atom is 0.291 e. The van der Waals surface area contributed by atoms with Crippen molar-refractivity contribution in [3.8, 4) is 17.0 Å². The highest BCUT2D eigenvalue weighted by Gasteiger charge is 2.21. The van der Waals surface area contributed by atoms with Crippen molar-refractivity contribution < 1.29 is 9.53 Å². The summed E-state index contributed by atoms with van der Waals surface area (Å²) in [4.78, 5) is 25.4. The van der Waals surface area contributed by atoms with Crippen molar-refractivity contribution in [2.75, 3.05) is 12.4 Å². The highest BCUT2D eigenvalue weighted by atomic mass is 16.5. The largest absolute Gasteiger partial charge is 0.497 e. The third kappa shape index (κ3) is 3.74. The number of ether oxygens (including phenoxy) is 1. The van der Waals surface area contributed by atoms with Gasteiger partial charge in [-0.2, -0.15) is 5.10 Å². The van der Waals surface area contributed by atoms with Crippen LogP contribution < -0.4 is 15.6 Å². The van der Waals surface area contributed by atoms with Crippen LogP contribution in [-0.4, -0.2) is 22.7 Å². The normalized spacial score (nSPS) is 10.5. The fraction of sp³-hybridized carbons (Fsp3) is 0.190. The molecule has 0 saturated carbocycles. The van der Waals surface area contributed by atoms with Crippen molar-refractivity contribution in [3.63, 3.8) is 0 Å². The van der Waals surface area contributed by atoms with E-state index in [-0.39, 0.29) is 22.6 Å². The molecule has 6 heteroatoms. The number of Topliss-reactive ketones (excluding diaryl/α,β-unsaturated/α-hetero) is 1. The summed E-state index contributed by atoms with van der Waals surface area (Å²) in [6.07, 6.45) is 0. The Bertz CT molecular complexity index is 1030. The van der Waals surface area contributed by atoms with Crippen molar-refractivity contribution in [2.24, 2.45) is 0 Å². The van der Waals surface area contributed by atoms with E-state index in [0.717, 1.165) is 5.56 Å². The van der Waals surface area contributed by atoms with Gasteiger partial charge in [0, 0.05) is 23.9 Å². The van der Waals surface area contributed by atoms with Crippen LogP contribution in [0.3, 0.4) is 0 Å². The topological polar surface area (TPSA) is 73.2 Å². The van der Waals surface area contributed by atoms with E-state index in [1.165, 1.54) is 11.6 Å². The van der Waals surface area contributed by atoms with Crippen LogP contribution in [0.15, 0.2) is 59.4 Å². The van der Waals surface area contributed by atoms with Gasteiger partial charge in [0.15, 0.2) is 5.78 Å². The van der Waals surface area contributed by atoms with Crippen LogP contribution in [0.5, 0.6) is 5.75 Å². The van der Waals surface area contributed by atoms with E-state index in [1.807, 2.05) is 55.5 Å². The molecule has 1 aromatic heterocycles. The Morgan fingerprint density at radius 2 is 1.89 bits per heavy atom. The van der Waals surface area contributed by atoms with Crippen LogP contribution in [0.25, 0.3) is 11.3 Å². The quantitative estimate of drug-likeness (QED) is 0.673. The standard InChI is InChI=1S/C21H21N3O3/c1-4-24-21(26)20(22-16-11-8-12-17(13-16)27-3)18(14(2)25)19(23-24)15-9-6-5-7-10-15/h5-13,22H,4H2,1-3H3. The molecular weight excluding hydrogens is 342 g/mol. The first-order valence-electron chi connectivity index (χ1n) is 8.67. The van der Waals surface area contributed by atoms with Gasteiger partial charge in [-0.05, 0) is 26.0 Å². The van der Waals surface area contributed by atoms with Crippen LogP contribution >= 0.6 is 0 Å². The van der Waals surface area contributed by atoms with Gasteiger partial charge in [-0.3, -0.25) is 9.59 Å². The fourth-order valence-corrected chi connectivity index (χ4v) is 2.89. The smallest absolute Gasteiger partial charge is 0.291 e. The Hall–Kier alpha value is -3.41. The number of carbonyl (C=O) groups excluding carboxylic acids is 1. The number of hydrogen-bond acceptors (Lipinski definition) is 5. The first kappa shape index (κ1) is 18.4. The summed E-state index contributed by atoms with van der Waals surface area (Å²) in [5, 5.41) is 7.54. The number of nitrogens with one attached hydrogen (secondary N) is 1. The molecule has 0 fully saturated rings. The number of methoxy groups -OCH3 is 1. The number of aromatic nitrogens is 2. The second kappa shape index (κ2) is 7.86. The summed E-state index contributed by atoms with van der Waals surface area (Å²) in [6.45, 7) is 3.67. The Morgan fingerprint density at radius 1 is 1.15 bits per heavy atom. The molecule has 2 aromatic carbocycles. The van der Waals surface area contributed by atoms with Gasteiger partial charge in [-0.15, -0.1) is 0 Å². The van der Waals surface area contributed by atoms with Crippen molar-refractivity contribution in [1.82, 2.24) is 9.78 Å². The monoisotopic (exact) mass is 363 g/mol. The van der Waals surface area contributed by atoms with E-state index < -0.39 is 0 Å². The molecule has 0 spiro atoms. The van der Waals surface area contributed by atoms with E-state index >= 15 is 0 Å². The summed E-state index contributed by atoms with van der Waals surface area (Å²) in [6, 6.07) is 16.6. The molecule has 3 aromatic rings. The molecule has 0 saturated heterocycles. The summed E-state index contributed by atoms with van der Waals surface area (Å²) in [5.41, 5.74) is 2.06. The molecule has 3 rings (SSSR count). The average Bonchev–Trinajstić information content (AvgIpc) is 2.69. The summed E-state index contributed by atoms with van der Waals surface area (Å²) < 4.78 is 6.59. The molecule has 0 radical (unpaired) electrons. The molecule has 0 amide bonds. The van der Waals surface area contributed by atoms with Gasteiger partial charge in [0.2, 0.25) is 0 Å². The predicted molar refractivity (Wildman–Crippen MR) is 106 cm³/mol. The highest BCUT2D eigenvalue weighted by molar-refractivity contribution is 6.05. The average molecular weight is 363 g/mol. The van der Waals surface area contributed by atoms with Gasteiger partial charge in [0.1, 0.15) is 17.1 Å². The minimum atomic E-state index is -0.342. The Balaban J connectivity index is 2.25. The summed E-state index contributed by atoms with van der Waals surface area (Å²) in [5.74, 6) is 0.421. The Kier molecular flexibility index (Phi) is 5.35. The number of hydrogen-bond donors (Lipinski definition) is 1. The molecule has 0 bridgehead atoms. The molecular formula is C21H21N3O3. The first-order chi connectivity index (χ1) is 13.0. The van der Waals surface area contributed by atoms with Crippen LogP contribution in [-0.2, 0) is 6.54 Å². The molecule has 27 heavy (non-hydrogen) atoms. The zero-order chi connectivity index (χ0) is 19.4. The minimum Gasteiger partial charge on any atom is -0.497 e. The SMILES string of the molecule is CCn1nc(-c2ccccc2)c(C(C)=O)c(Nc2cccc(OC)c2)c1=O. The van der Waals surface area contributed by atoms with Gasteiger partial charge >= 0.3 is 0 Å². The fourth-order valence-electron chi connectivity index (χ4n) is 2.89. The number of anilines is 2. The lowest BCUT2D eigenvalue weighted by atomic mass is 10.0. The Morgan fingerprint density at radius 3 is 2.52 bits per heavy atom. The maximum absolute atomic E-state index is 12.9. The first-order valence-corrected chi connectivity index (χ1v) is 8.67. The molecule has 0 unspecified atom stereocenters. The minimum absolute atomic E-state index is 0.214. The molecule has 6 nitrogen and oxygen atoms in total. The van der Waals surface area contributed by atoms with Crippen molar-refractivity contribution in [2.45, 2.75) is 20.4 Å². The van der Waals surface area contributed by atoms with E-state index in [2.05, 4.69) is 10.4 Å². The number of carbonyl (C=O) groups is 1. The second-order valence-electron chi connectivity index (χ2n) is 6.00. The highest BCUT2D eigenvalue weighted by Crippen LogP contribution is 2.28. The van der Waals surface area contributed by atoms with Gasteiger partial charge in [0.05, 0.1) is 12.7 Å². The lowest BCUT2D eigenvalue weighted by Crippen LogP contribution is -2.28. The third-order valence-electron chi connectivity index (χ3n) is 4.19. The van der Waals surface area contributed by atoms with Crippen molar-refractivity contribution in [3.05, 3.63) is 70.5 Å². The van der Waals surface area contributed by atoms with Crippen molar-refractivity contribution >= 4 is 17.2 Å². The molecule has 1 N–H and O–H groups in total. The lowest BCUT2D eigenvalue weighted by Gasteiger charge is -2.16. The van der Waals surface area contributed by atoms with Gasteiger partial charge in [-0.25, -0.2) is 4.68 Å². The van der Waals surface area contributed by atoms with Gasteiger partial charge in [0.25, 0.3) is 5.56 Å². The molecule has 0 aliphatic carbocycles. The van der Waals surface area contributed by atoms with Crippen LogP contribution in [0.4, 0.5) is 11.4 Å². The second-order valence-corrected chi connectivity index (χ2v) is 6.00. The van der Waals surface area contributed by atoms with E-state index in [9.17, 15) is 9.59 Å². The molecule has 0 atom stereocenters. The number of ketones is 1. The van der Waals surface area contributed by atoms with Gasteiger partial charge in [-0.1, -0.05) is 36.4 Å². The molecule has 0 aliphatic heterocycles. The zero-order valence-corrected chi connectivity index (χ0v) is 15.5. The predicted octanol–water partition coefficient (Wildman–Crippen LogP) is 3.89. The summed E-state index contributed by atoms with van der Waals surface area (Å²) in [7, 11) is 1.57. The number of rotatable bonds is 6. The third-order valence-corrected chi connectivity index (χ3v) is 4.19. The molecule has 138 valence electrons. The maximum atomic E-state index is 12.9.